The molecule has 2 nitrogen and oxygen atoms in total. The van der Waals surface area contributed by atoms with E-state index in [0.717, 1.165) is 24.2 Å². The average Bonchev–Trinajstić information content (AvgIpc) is 2.40. The number of nitriles is 1. The number of hydrogen-bond donors (Lipinski definition) is 0. The number of rotatable bonds is 0. The van der Waals surface area contributed by atoms with Gasteiger partial charge in [0.05, 0.1) is 18.1 Å². The molecular formula is C12H12ClNO. The summed E-state index contributed by atoms with van der Waals surface area (Å²) in [5, 5.41) is 9.92. The fourth-order valence-corrected chi connectivity index (χ4v) is 2.09. The van der Waals surface area contributed by atoms with Gasteiger partial charge in [0.15, 0.2) is 0 Å². The second-order valence-electron chi connectivity index (χ2n) is 4.04. The first-order chi connectivity index (χ1) is 7.15. The van der Waals surface area contributed by atoms with Crippen molar-refractivity contribution < 1.29 is 4.74 Å². The molecular weight excluding hydrogens is 210 g/mol. The normalized spacial score (nSPS) is 24.6. The van der Waals surface area contributed by atoms with Crippen LogP contribution in [-0.4, -0.2) is 6.61 Å². The maximum Gasteiger partial charge on any atom is 0.124 e. The third-order valence-electron chi connectivity index (χ3n) is 2.86. The monoisotopic (exact) mass is 221 g/mol. The Bertz CT molecular complexity index is 424. The van der Waals surface area contributed by atoms with Crippen LogP contribution in [0.5, 0.6) is 5.75 Å². The highest BCUT2D eigenvalue weighted by atomic mass is 35.5. The molecule has 1 aromatic carbocycles. The molecule has 1 aliphatic rings. The molecule has 0 bridgehead atoms. The number of halogens is 1. The zero-order valence-electron chi connectivity index (χ0n) is 8.59. The van der Waals surface area contributed by atoms with Crippen molar-refractivity contribution in [3.63, 3.8) is 0 Å². The van der Waals surface area contributed by atoms with Gasteiger partial charge in [0.1, 0.15) is 5.75 Å². The Hall–Kier alpha value is -1.20. The highest BCUT2D eigenvalue weighted by Crippen LogP contribution is 2.38. The van der Waals surface area contributed by atoms with Crippen LogP contribution < -0.4 is 4.74 Å². The molecule has 2 rings (SSSR count). The van der Waals surface area contributed by atoms with Gasteiger partial charge in [0, 0.05) is 10.6 Å². The van der Waals surface area contributed by atoms with Crippen LogP contribution in [0.25, 0.3) is 0 Å². The minimum atomic E-state index is -0.475. The summed E-state index contributed by atoms with van der Waals surface area (Å²) in [6.07, 6.45) is 1.72. The van der Waals surface area contributed by atoms with Crippen LogP contribution >= 0.6 is 11.6 Å². The summed E-state index contributed by atoms with van der Waals surface area (Å²) >= 11 is 5.95. The summed E-state index contributed by atoms with van der Waals surface area (Å²) < 4.78 is 5.59. The Balaban J connectivity index is 2.58. The van der Waals surface area contributed by atoms with Gasteiger partial charge in [-0.25, -0.2) is 0 Å². The van der Waals surface area contributed by atoms with E-state index in [0.29, 0.717) is 11.6 Å². The van der Waals surface area contributed by atoms with Crippen molar-refractivity contribution in [1.82, 2.24) is 0 Å². The van der Waals surface area contributed by atoms with Crippen LogP contribution in [0.4, 0.5) is 0 Å². The molecule has 15 heavy (non-hydrogen) atoms. The molecule has 0 amide bonds. The highest BCUT2D eigenvalue weighted by molar-refractivity contribution is 6.30. The molecule has 1 aromatic rings. The lowest BCUT2D eigenvalue weighted by molar-refractivity contribution is 0.315. The molecule has 0 saturated heterocycles. The van der Waals surface area contributed by atoms with Gasteiger partial charge in [0.25, 0.3) is 0 Å². The van der Waals surface area contributed by atoms with Crippen molar-refractivity contribution >= 4 is 11.6 Å². The lowest BCUT2D eigenvalue weighted by Gasteiger charge is -2.20. The van der Waals surface area contributed by atoms with Crippen LogP contribution in [0, 0.1) is 11.3 Å². The van der Waals surface area contributed by atoms with E-state index in [9.17, 15) is 5.26 Å². The van der Waals surface area contributed by atoms with Gasteiger partial charge in [0.2, 0.25) is 0 Å². The number of nitrogens with zero attached hydrogens (tertiary/aromatic N) is 1. The summed E-state index contributed by atoms with van der Waals surface area (Å²) in [7, 11) is 0. The lowest BCUT2D eigenvalue weighted by atomic mass is 9.80. The summed E-state index contributed by atoms with van der Waals surface area (Å²) in [4.78, 5) is 0. The van der Waals surface area contributed by atoms with Gasteiger partial charge < -0.3 is 4.74 Å². The summed E-state index contributed by atoms with van der Waals surface area (Å²) in [5.74, 6) is 0.793. The Labute approximate surface area is 94.4 Å². The van der Waals surface area contributed by atoms with Crippen molar-refractivity contribution in [3.8, 4) is 11.8 Å². The van der Waals surface area contributed by atoms with Crippen LogP contribution in [0.15, 0.2) is 18.2 Å². The van der Waals surface area contributed by atoms with Crippen molar-refractivity contribution in [2.75, 3.05) is 6.61 Å². The molecule has 0 spiro atoms. The predicted octanol–water partition coefficient (Wildman–Crippen LogP) is 3.29. The maximum atomic E-state index is 9.26. The summed E-state index contributed by atoms with van der Waals surface area (Å²) in [5.41, 5.74) is 0.437. The molecule has 1 heterocycles. The molecule has 0 saturated carbocycles. The highest BCUT2D eigenvalue weighted by Gasteiger charge is 2.31. The van der Waals surface area contributed by atoms with Crippen molar-refractivity contribution in [1.29, 1.82) is 5.26 Å². The first-order valence-electron chi connectivity index (χ1n) is 5.00. The average molecular weight is 222 g/mol. The molecule has 0 aliphatic carbocycles. The minimum absolute atomic E-state index is 0.475. The van der Waals surface area contributed by atoms with Crippen LogP contribution in [-0.2, 0) is 5.41 Å². The SMILES string of the molecule is CC1(C#N)CCCOc2ccc(Cl)cc21. The van der Waals surface area contributed by atoms with Gasteiger partial charge >= 0.3 is 0 Å². The van der Waals surface area contributed by atoms with E-state index in [4.69, 9.17) is 16.3 Å². The van der Waals surface area contributed by atoms with E-state index in [-0.39, 0.29) is 0 Å². The summed E-state index contributed by atoms with van der Waals surface area (Å²) in [6, 6.07) is 7.84. The van der Waals surface area contributed by atoms with Crippen LogP contribution in [0.3, 0.4) is 0 Å². The first kappa shape index (κ1) is 10.3. The Morgan fingerprint density at radius 3 is 3.07 bits per heavy atom. The lowest BCUT2D eigenvalue weighted by Crippen LogP contribution is -2.18. The van der Waals surface area contributed by atoms with Crippen LogP contribution in [0.2, 0.25) is 5.02 Å². The topological polar surface area (TPSA) is 33.0 Å². The maximum absolute atomic E-state index is 9.26. The molecule has 0 fully saturated rings. The molecule has 1 aliphatic heterocycles. The number of ether oxygens (including phenoxy) is 1. The third-order valence-corrected chi connectivity index (χ3v) is 3.10. The van der Waals surface area contributed by atoms with Gasteiger partial charge in [-0.3, -0.25) is 0 Å². The van der Waals surface area contributed by atoms with E-state index in [1.165, 1.54) is 0 Å². The largest absolute Gasteiger partial charge is 0.493 e. The van der Waals surface area contributed by atoms with E-state index in [2.05, 4.69) is 6.07 Å². The smallest absolute Gasteiger partial charge is 0.124 e. The van der Waals surface area contributed by atoms with Gasteiger partial charge in [-0.05, 0) is 38.0 Å². The van der Waals surface area contributed by atoms with E-state index >= 15 is 0 Å². The van der Waals surface area contributed by atoms with Crippen molar-refractivity contribution in [2.45, 2.75) is 25.2 Å². The van der Waals surface area contributed by atoms with Crippen molar-refractivity contribution in [2.24, 2.45) is 0 Å². The second kappa shape index (κ2) is 3.75. The molecule has 0 radical (unpaired) electrons. The van der Waals surface area contributed by atoms with E-state index in [1.807, 2.05) is 19.1 Å². The molecule has 0 N–H and O–H groups in total. The number of fused-ring (bicyclic) bond motifs is 1. The van der Waals surface area contributed by atoms with Crippen molar-refractivity contribution in [3.05, 3.63) is 28.8 Å². The minimum Gasteiger partial charge on any atom is -0.493 e. The molecule has 1 unspecified atom stereocenters. The summed E-state index contributed by atoms with van der Waals surface area (Å²) in [6.45, 7) is 2.61. The standard InChI is InChI=1S/C12H12ClNO/c1-12(8-14)5-2-6-15-11-4-3-9(13)7-10(11)12/h3-4,7H,2,5-6H2,1H3. The fraction of sp³-hybridized carbons (Fsp3) is 0.417. The van der Waals surface area contributed by atoms with Crippen LogP contribution in [0.1, 0.15) is 25.3 Å². The Morgan fingerprint density at radius 1 is 1.53 bits per heavy atom. The molecule has 3 heteroatoms. The van der Waals surface area contributed by atoms with Gasteiger partial charge in [-0.2, -0.15) is 5.26 Å². The first-order valence-corrected chi connectivity index (χ1v) is 5.37. The quantitative estimate of drug-likeness (QED) is 0.674. The molecule has 78 valence electrons. The van der Waals surface area contributed by atoms with Gasteiger partial charge in [-0.15, -0.1) is 0 Å². The molecule has 1 atom stereocenters. The second-order valence-corrected chi connectivity index (χ2v) is 4.47. The predicted molar refractivity (Wildman–Crippen MR) is 59.1 cm³/mol. The Morgan fingerprint density at radius 2 is 2.33 bits per heavy atom. The van der Waals surface area contributed by atoms with E-state index in [1.54, 1.807) is 6.07 Å². The number of hydrogen-bond acceptors (Lipinski definition) is 2. The Kier molecular flexibility index (Phi) is 2.58. The zero-order valence-corrected chi connectivity index (χ0v) is 9.34. The third kappa shape index (κ3) is 1.80. The number of benzene rings is 1. The van der Waals surface area contributed by atoms with E-state index < -0.39 is 5.41 Å². The molecule has 0 aromatic heterocycles. The van der Waals surface area contributed by atoms with Gasteiger partial charge in [-0.1, -0.05) is 11.6 Å². The fourth-order valence-electron chi connectivity index (χ4n) is 1.92. The zero-order chi connectivity index (χ0) is 10.9.